The Bertz CT molecular complexity index is 688. The van der Waals surface area contributed by atoms with E-state index in [0.717, 1.165) is 45.3 Å². The van der Waals surface area contributed by atoms with Crippen LogP contribution in [0.5, 0.6) is 0 Å². The second-order valence-corrected chi connectivity index (χ2v) is 13.0. The van der Waals surface area contributed by atoms with Crippen molar-refractivity contribution >= 4 is 12.2 Å². The van der Waals surface area contributed by atoms with Crippen LogP contribution in [0.4, 0.5) is 9.59 Å². The highest BCUT2D eigenvalue weighted by atomic mass is 16.6. The summed E-state index contributed by atoms with van der Waals surface area (Å²) in [6.07, 6.45) is 11.2. The molecule has 1 aliphatic carbocycles. The van der Waals surface area contributed by atoms with Gasteiger partial charge in [0.15, 0.2) is 0 Å². The van der Waals surface area contributed by atoms with Gasteiger partial charge in [0.05, 0.1) is 13.2 Å². The minimum Gasteiger partial charge on any atom is -0.447 e. The van der Waals surface area contributed by atoms with Crippen LogP contribution in [0, 0.1) is 22.7 Å². The summed E-state index contributed by atoms with van der Waals surface area (Å²) < 4.78 is 22.2. The minimum absolute atomic E-state index is 0.0221. The van der Waals surface area contributed by atoms with E-state index in [9.17, 15) is 9.59 Å². The smallest absolute Gasteiger partial charge is 0.407 e. The van der Waals surface area contributed by atoms with Gasteiger partial charge in [-0.05, 0) is 54.8 Å². The number of ether oxygens (including phenoxy) is 4. The molecule has 8 nitrogen and oxygen atoms in total. The molecule has 0 radical (unpaired) electrons. The molecule has 0 aromatic carbocycles. The lowest BCUT2D eigenvalue weighted by atomic mass is 9.62. The molecular formula is C32H62N2O6. The lowest BCUT2D eigenvalue weighted by Crippen LogP contribution is -2.50. The van der Waals surface area contributed by atoms with Gasteiger partial charge in [0, 0.05) is 25.8 Å². The van der Waals surface area contributed by atoms with E-state index in [-0.39, 0.29) is 30.1 Å². The first-order valence-electron chi connectivity index (χ1n) is 16.1. The van der Waals surface area contributed by atoms with Crippen molar-refractivity contribution in [1.82, 2.24) is 10.6 Å². The second-order valence-electron chi connectivity index (χ2n) is 13.0. The van der Waals surface area contributed by atoms with Gasteiger partial charge in [-0.25, -0.2) is 9.59 Å². The van der Waals surface area contributed by atoms with Crippen LogP contribution in [0.25, 0.3) is 0 Å². The summed E-state index contributed by atoms with van der Waals surface area (Å²) in [4.78, 5) is 24.8. The molecule has 0 spiro atoms. The van der Waals surface area contributed by atoms with Crippen LogP contribution in [0.1, 0.15) is 119 Å². The Balaban J connectivity index is 2.34. The zero-order valence-electron chi connectivity index (χ0n) is 26.9. The third-order valence-corrected chi connectivity index (χ3v) is 8.14. The van der Waals surface area contributed by atoms with Crippen LogP contribution in [0.2, 0.25) is 0 Å². The molecule has 1 aliphatic rings. The van der Waals surface area contributed by atoms with Gasteiger partial charge < -0.3 is 29.6 Å². The van der Waals surface area contributed by atoms with Gasteiger partial charge in [0.25, 0.3) is 0 Å². The summed E-state index contributed by atoms with van der Waals surface area (Å²) in [6, 6.07) is -0.0221. The molecule has 2 amide bonds. The third kappa shape index (κ3) is 16.7. The van der Waals surface area contributed by atoms with Gasteiger partial charge in [-0.15, -0.1) is 0 Å². The van der Waals surface area contributed by atoms with Crippen LogP contribution in [-0.4, -0.2) is 64.4 Å². The molecule has 1 fully saturated rings. The summed E-state index contributed by atoms with van der Waals surface area (Å²) >= 11 is 0. The summed E-state index contributed by atoms with van der Waals surface area (Å²) in [5.41, 5.74) is -0.145. The number of alkyl carbamates (subject to hydrolysis) is 2. The average Bonchev–Trinajstić information content (AvgIpc) is 2.89. The Morgan fingerprint density at radius 2 is 1.30 bits per heavy atom. The second kappa shape index (κ2) is 20.4. The van der Waals surface area contributed by atoms with Gasteiger partial charge in [0.2, 0.25) is 0 Å². The molecule has 0 aromatic rings. The SMILES string of the molecule is CCCCC(CC)COCCOC(=O)NCC1(C)CC(NC(=O)OCCOCC(CC)CCCC)CC(C)(C)C1. The molecule has 236 valence electrons. The van der Waals surface area contributed by atoms with Gasteiger partial charge in [-0.1, -0.05) is 87.0 Å². The Morgan fingerprint density at radius 1 is 0.775 bits per heavy atom. The number of rotatable bonds is 21. The van der Waals surface area contributed by atoms with Crippen LogP contribution >= 0.6 is 0 Å². The zero-order chi connectivity index (χ0) is 29.9. The molecule has 40 heavy (non-hydrogen) atoms. The van der Waals surface area contributed by atoms with E-state index in [1.807, 2.05) is 0 Å². The average molecular weight is 571 g/mol. The molecule has 4 atom stereocenters. The molecule has 0 bridgehead atoms. The van der Waals surface area contributed by atoms with Crippen molar-refractivity contribution in [3.63, 3.8) is 0 Å². The van der Waals surface area contributed by atoms with Gasteiger partial charge in [-0.3, -0.25) is 0 Å². The Labute approximate surface area is 245 Å². The molecule has 1 saturated carbocycles. The summed E-state index contributed by atoms with van der Waals surface area (Å²) in [5.74, 6) is 1.15. The standard InChI is InChI=1S/C32H62N2O6/c1-8-12-14-26(10-3)22-37-16-18-39-29(35)33-25-32(7)21-28(20-31(5,6)24-32)34-30(36)40-19-17-38-23-27(11-4)15-13-9-2/h26-28H,8-25H2,1-7H3,(H,33,35)(H,34,36). The lowest BCUT2D eigenvalue weighted by Gasteiger charge is -2.46. The molecular weight excluding hydrogens is 508 g/mol. The van der Waals surface area contributed by atoms with Crippen molar-refractivity contribution < 1.29 is 28.5 Å². The maximum absolute atomic E-state index is 12.5. The van der Waals surface area contributed by atoms with Crippen molar-refractivity contribution in [3.05, 3.63) is 0 Å². The molecule has 4 unspecified atom stereocenters. The minimum atomic E-state index is -0.421. The first-order valence-corrected chi connectivity index (χ1v) is 16.1. The number of unbranched alkanes of at least 4 members (excludes halogenated alkanes) is 2. The zero-order valence-corrected chi connectivity index (χ0v) is 26.9. The molecule has 1 rings (SSSR count). The highest BCUT2D eigenvalue weighted by Crippen LogP contribution is 2.45. The van der Waals surface area contributed by atoms with Crippen LogP contribution in [0.15, 0.2) is 0 Å². The summed E-state index contributed by atoms with van der Waals surface area (Å²) in [7, 11) is 0. The molecule has 8 heteroatoms. The topological polar surface area (TPSA) is 95.1 Å². The first kappa shape index (κ1) is 36.5. The van der Waals surface area contributed by atoms with Crippen LogP contribution in [-0.2, 0) is 18.9 Å². The third-order valence-electron chi connectivity index (χ3n) is 8.14. The highest BCUT2D eigenvalue weighted by Gasteiger charge is 2.42. The summed E-state index contributed by atoms with van der Waals surface area (Å²) in [6.45, 7) is 18.6. The molecule has 0 saturated heterocycles. The predicted molar refractivity (Wildman–Crippen MR) is 162 cm³/mol. The largest absolute Gasteiger partial charge is 0.447 e. The number of carbonyl (C=O) groups is 2. The highest BCUT2D eigenvalue weighted by molar-refractivity contribution is 5.68. The Morgan fingerprint density at radius 3 is 1.80 bits per heavy atom. The van der Waals surface area contributed by atoms with E-state index in [1.54, 1.807) is 0 Å². The first-order chi connectivity index (χ1) is 19.1. The van der Waals surface area contributed by atoms with Crippen molar-refractivity contribution in [1.29, 1.82) is 0 Å². The normalized spacial score (nSPS) is 21.8. The van der Waals surface area contributed by atoms with Crippen LogP contribution in [0.3, 0.4) is 0 Å². The Hall–Kier alpha value is -1.54. The van der Waals surface area contributed by atoms with Gasteiger partial charge >= 0.3 is 12.2 Å². The van der Waals surface area contributed by atoms with E-state index in [0.29, 0.717) is 31.6 Å². The fraction of sp³-hybridized carbons (Fsp3) is 0.938. The van der Waals surface area contributed by atoms with E-state index in [1.165, 1.54) is 38.5 Å². The van der Waals surface area contributed by atoms with Gasteiger partial charge in [-0.2, -0.15) is 0 Å². The monoisotopic (exact) mass is 570 g/mol. The maximum Gasteiger partial charge on any atom is 0.407 e. The number of hydrogen-bond donors (Lipinski definition) is 2. The number of nitrogens with one attached hydrogen (secondary N) is 2. The van der Waals surface area contributed by atoms with Crippen LogP contribution < -0.4 is 10.6 Å². The van der Waals surface area contributed by atoms with Crippen molar-refractivity contribution in [3.8, 4) is 0 Å². The van der Waals surface area contributed by atoms with E-state index >= 15 is 0 Å². The van der Waals surface area contributed by atoms with Crippen molar-refractivity contribution in [2.45, 2.75) is 125 Å². The van der Waals surface area contributed by atoms with E-state index < -0.39 is 12.2 Å². The molecule has 0 aromatic heterocycles. The summed E-state index contributed by atoms with van der Waals surface area (Å²) in [5, 5.41) is 5.99. The van der Waals surface area contributed by atoms with Gasteiger partial charge in [0.1, 0.15) is 13.2 Å². The van der Waals surface area contributed by atoms with Crippen molar-refractivity contribution in [2.75, 3.05) is 46.2 Å². The quantitative estimate of drug-likeness (QED) is 0.139. The number of amides is 2. The maximum atomic E-state index is 12.5. The molecule has 2 N–H and O–H groups in total. The number of carbonyl (C=O) groups excluding carboxylic acids is 2. The number of hydrogen-bond acceptors (Lipinski definition) is 6. The molecule has 0 aliphatic heterocycles. The van der Waals surface area contributed by atoms with Crippen molar-refractivity contribution in [2.24, 2.45) is 22.7 Å². The predicted octanol–water partition coefficient (Wildman–Crippen LogP) is 7.49. The van der Waals surface area contributed by atoms with E-state index in [4.69, 9.17) is 18.9 Å². The molecule has 0 heterocycles. The van der Waals surface area contributed by atoms with E-state index in [2.05, 4.69) is 59.1 Å². The Kier molecular flexibility index (Phi) is 18.6. The fourth-order valence-electron chi connectivity index (χ4n) is 6.10. The fourth-order valence-corrected chi connectivity index (χ4v) is 6.10. The lowest BCUT2D eigenvalue weighted by molar-refractivity contribution is 0.0395.